The van der Waals surface area contributed by atoms with Crippen LogP contribution in [0.2, 0.25) is 0 Å². The van der Waals surface area contributed by atoms with Crippen LogP contribution in [0, 0.1) is 5.82 Å². The molecule has 1 amide bonds. The van der Waals surface area contributed by atoms with Crippen molar-refractivity contribution in [1.82, 2.24) is 30.0 Å². The van der Waals surface area contributed by atoms with Crippen LogP contribution in [0.15, 0.2) is 45.6 Å². The van der Waals surface area contributed by atoms with Gasteiger partial charge in [0.1, 0.15) is 5.82 Å². The molecule has 3 aromatic heterocycles. The Hall–Kier alpha value is -3.40. The molecule has 0 atom stereocenters. The summed E-state index contributed by atoms with van der Waals surface area (Å²) in [7, 11) is 0. The van der Waals surface area contributed by atoms with Crippen LogP contribution >= 0.6 is 11.3 Å². The quantitative estimate of drug-likeness (QED) is 0.527. The Balaban J connectivity index is 1.44. The van der Waals surface area contributed by atoms with Gasteiger partial charge in [0, 0.05) is 24.0 Å². The molecule has 0 spiro atoms. The summed E-state index contributed by atoms with van der Waals surface area (Å²) < 4.78 is 20.0. The van der Waals surface area contributed by atoms with E-state index < -0.39 is 0 Å². The molecule has 0 bridgehead atoms. The highest BCUT2D eigenvalue weighted by Crippen LogP contribution is 2.27. The zero-order chi connectivity index (χ0) is 19.1. The van der Waals surface area contributed by atoms with Gasteiger partial charge in [-0.2, -0.15) is 16.3 Å². The molecule has 4 aromatic rings. The smallest absolute Gasteiger partial charge is 0.281 e. The van der Waals surface area contributed by atoms with Crippen LogP contribution in [0.5, 0.6) is 0 Å². The predicted octanol–water partition coefficient (Wildman–Crippen LogP) is 2.85. The number of carbonyl (C=O) groups excluding carboxylic acids is 1. The van der Waals surface area contributed by atoms with Gasteiger partial charge in [-0.15, -0.1) is 5.10 Å². The predicted molar refractivity (Wildman–Crippen MR) is 97.8 cm³/mol. The SMILES string of the molecule is O=C1c2c(-c3nc(-c4ccsc4)no3)nnn2CCN1Cc1ccc(F)cc1. The molecule has 8 nitrogen and oxygen atoms in total. The van der Waals surface area contributed by atoms with Crippen LogP contribution in [0.1, 0.15) is 16.1 Å². The molecule has 5 rings (SSSR count). The highest BCUT2D eigenvalue weighted by atomic mass is 32.1. The van der Waals surface area contributed by atoms with E-state index in [2.05, 4.69) is 20.5 Å². The van der Waals surface area contributed by atoms with E-state index in [-0.39, 0.29) is 23.3 Å². The van der Waals surface area contributed by atoms with Gasteiger partial charge < -0.3 is 9.42 Å². The normalized spacial score (nSPS) is 13.8. The summed E-state index contributed by atoms with van der Waals surface area (Å²) >= 11 is 1.53. The molecule has 1 aromatic carbocycles. The summed E-state index contributed by atoms with van der Waals surface area (Å²) in [6, 6.07) is 7.98. The van der Waals surface area contributed by atoms with Crippen LogP contribution < -0.4 is 0 Å². The number of nitrogens with zero attached hydrogens (tertiary/aromatic N) is 6. The average molecular weight is 396 g/mol. The van der Waals surface area contributed by atoms with Crippen LogP contribution in [0.25, 0.3) is 23.0 Å². The molecule has 0 radical (unpaired) electrons. The highest BCUT2D eigenvalue weighted by molar-refractivity contribution is 7.08. The molecule has 0 saturated carbocycles. The molecular formula is C18H13FN6O2S. The van der Waals surface area contributed by atoms with Crippen LogP contribution in [-0.2, 0) is 13.1 Å². The van der Waals surface area contributed by atoms with E-state index in [4.69, 9.17) is 4.52 Å². The van der Waals surface area contributed by atoms with Crippen molar-refractivity contribution in [3.05, 3.63) is 58.2 Å². The van der Waals surface area contributed by atoms with Crippen molar-refractivity contribution in [3.8, 4) is 23.0 Å². The zero-order valence-corrected chi connectivity index (χ0v) is 15.3. The van der Waals surface area contributed by atoms with E-state index in [9.17, 15) is 9.18 Å². The van der Waals surface area contributed by atoms with Gasteiger partial charge in [-0.1, -0.05) is 22.5 Å². The second kappa shape index (κ2) is 6.64. The van der Waals surface area contributed by atoms with E-state index in [1.807, 2.05) is 16.8 Å². The van der Waals surface area contributed by atoms with Crippen molar-refractivity contribution in [3.63, 3.8) is 0 Å². The molecule has 0 N–H and O–H groups in total. The lowest BCUT2D eigenvalue weighted by molar-refractivity contribution is 0.0684. The fraction of sp³-hybridized carbons (Fsp3) is 0.167. The third-order valence-electron chi connectivity index (χ3n) is 4.50. The molecule has 28 heavy (non-hydrogen) atoms. The first-order chi connectivity index (χ1) is 13.7. The van der Waals surface area contributed by atoms with Crippen LogP contribution in [-0.4, -0.2) is 42.5 Å². The summed E-state index contributed by atoms with van der Waals surface area (Å²) in [6.45, 7) is 1.35. The minimum absolute atomic E-state index is 0.152. The number of hydrogen-bond acceptors (Lipinski definition) is 7. The van der Waals surface area contributed by atoms with Crippen molar-refractivity contribution in [1.29, 1.82) is 0 Å². The molecule has 0 aliphatic carbocycles. The summed E-state index contributed by atoms with van der Waals surface area (Å²) in [5.74, 6) is 0.0471. The second-order valence-corrected chi connectivity index (χ2v) is 7.08. The molecule has 0 fully saturated rings. The molecule has 0 saturated heterocycles. The molecule has 1 aliphatic rings. The molecule has 0 unspecified atom stereocenters. The zero-order valence-electron chi connectivity index (χ0n) is 14.4. The number of aromatic nitrogens is 5. The number of amides is 1. The van der Waals surface area contributed by atoms with E-state index in [0.29, 0.717) is 31.2 Å². The van der Waals surface area contributed by atoms with E-state index >= 15 is 0 Å². The van der Waals surface area contributed by atoms with Crippen molar-refractivity contribution in [2.75, 3.05) is 6.54 Å². The van der Waals surface area contributed by atoms with Crippen LogP contribution in [0.3, 0.4) is 0 Å². The maximum atomic E-state index is 13.1. The summed E-state index contributed by atoms with van der Waals surface area (Å²) in [5, 5.41) is 15.9. The fourth-order valence-corrected chi connectivity index (χ4v) is 3.72. The Kier molecular flexibility index (Phi) is 3.97. The third kappa shape index (κ3) is 2.87. The molecule has 4 heterocycles. The van der Waals surface area contributed by atoms with Crippen molar-refractivity contribution < 1.29 is 13.7 Å². The maximum absolute atomic E-state index is 13.1. The monoisotopic (exact) mass is 396 g/mol. The van der Waals surface area contributed by atoms with Crippen molar-refractivity contribution in [2.45, 2.75) is 13.1 Å². The summed E-state index contributed by atoms with van der Waals surface area (Å²) in [6.07, 6.45) is 0. The van der Waals surface area contributed by atoms with Crippen LogP contribution in [0.4, 0.5) is 4.39 Å². The van der Waals surface area contributed by atoms with Gasteiger partial charge in [-0.3, -0.25) is 4.79 Å². The van der Waals surface area contributed by atoms with Gasteiger partial charge in [0.2, 0.25) is 5.82 Å². The Bertz CT molecular complexity index is 1140. The second-order valence-electron chi connectivity index (χ2n) is 6.30. The highest BCUT2D eigenvalue weighted by Gasteiger charge is 2.32. The molecule has 10 heteroatoms. The lowest BCUT2D eigenvalue weighted by atomic mass is 10.1. The largest absolute Gasteiger partial charge is 0.332 e. The Morgan fingerprint density at radius 1 is 1.18 bits per heavy atom. The number of thiophene rings is 1. The van der Waals surface area contributed by atoms with E-state index in [1.165, 1.54) is 23.5 Å². The van der Waals surface area contributed by atoms with Gasteiger partial charge in [0.05, 0.1) is 6.54 Å². The minimum atomic E-state index is -0.309. The first-order valence-electron chi connectivity index (χ1n) is 8.53. The summed E-state index contributed by atoms with van der Waals surface area (Å²) in [5.41, 5.74) is 2.26. The first kappa shape index (κ1) is 16.8. The van der Waals surface area contributed by atoms with E-state index in [0.717, 1.165) is 11.1 Å². The number of carbonyl (C=O) groups is 1. The third-order valence-corrected chi connectivity index (χ3v) is 5.18. The van der Waals surface area contributed by atoms with Crippen molar-refractivity contribution >= 4 is 17.2 Å². The number of rotatable bonds is 4. The van der Waals surface area contributed by atoms with Crippen molar-refractivity contribution in [2.24, 2.45) is 0 Å². The lowest BCUT2D eigenvalue weighted by Gasteiger charge is -2.27. The Morgan fingerprint density at radius 2 is 2.04 bits per heavy atom. The first-order valence-corrected chi connectivity index (χ1v) is 9.47. The Labute approximate surface area is 162 Å². The topological polar surface area (TPSA) is 89.9 Å². The van der Waals surface area contributed by atoms with Gasteiger partial charge in [0.25, 0.3) is 11.8 Å². The standard InChI is InChI=1S/C18H13FN6O2S/c19-13-3-1-11(2-4-13)9-24-6-7-25-15(18(24)26)14(21-23-25)17-20-16(22-27-17)12-5-8-28-10-12/h1-5,8,10H,6-7,9H2. The molecule has 1 aliphatic heterocycles. The fourth-order valence-electron chi connectivity index (χ4n) is 3.08. The van der Waals surface area contributed by atoms with E-state index in [1.54, 1.807) is 21.7 Å². The minimum Gasteiger partial charge on any atom is -0.332 e. The lowest BCUT2D eigenvalue weighted by Crippen LogP contribution is -2.40. The molecule has 140 valence electrons. The van der Waals surface area contributed by atoms with Gasteiger partial charge >= 0.3 is 0 Å². The van der Waals surface area contributed by atoms with Gasteiger partial charge in [0.15, 0.2) is 11.4 Å². The number of halogens is 1. The number of benzene rings is 1. The average Bonchev–Trinajstić information content (AvgIpc) is 3.45. The van der Waals surface area contributed by atoms with Gasteiger partial charge in [-0.25, -0.2) is 9.07 Å². The maximum Gasteiger partial charge on any atom is 0.281 e. The van der Waals surface area contributed by atoms with Gasteiger partial charge in [-0.05, 0) is 29.1 Å². The number of fused-ring (bicyclic) bond motifs is 1. The molecular weight excluding hydrogens is 383 g/mol. The Morgan fingerprint density at radius 3 is 2.82 bits per heavy atom. The number of hydrogen-bond donors (Lipinski definition) is 0. The summed E-state index contributed by atoms with van der Waals surface area (Å²) in [4.78, 5) is 19.1.